The lowest BCUT2D eigenvalue weighted by Crippen LogP contribution is -2.28. The molecule has 2 aromatic rings. The van der Waals surface area contributed by atoms with Gasteiger partial charge in [0.05, 0.1) is 29.6 Å². The van der Waals surface area contributed by atoms with Crippen molar-refractivity contribution in [1.82, 2.24) is 4.90 Å². The second-order valence-corrected chi connectivity index (χ2v) is 8.19. The number of thioether (sulfide) groups is 1. The molecule has 1 aliphatic rings. The maximum atomic E-state index is 14.0. The average Bonchev–Trinajstić information content (AvgIpc) is 2.92. The van der Waals surface area contributed by atoms with Crippen LogP contribution in [0.2, 0.25) is 5.02 Å². The molecular formula is C20H16BrClFNO4S. The second-order valence-electron chi connectivity index (χ2n) is 5.94. The fourth-order valence-corrected chi connectivity index (χ4v) is 4.44. The summed E-state index contributed by atoms with van der Waals surface area (Å²) in [5, 5.41) is -0.327. The Kier molecular flexibility index (Phi) is 6.87. The Balaban J connectivity index is 1.90. The van der Waals surface area contributed by atoms with E-state index in [4.69, 9.17) is 21.1 Å². The molecule has 0 aliphatic carbocycles. The molecule has 0 spiro atoms. The van der Waals surface area contributed by atoms with Gasteiger partial charge in [-0.15, -0.1) is 0 Å². The summed E-state index contributed by atoms with van der Waals surface area (Å²) in [4.78, 5) is 26.3. The Bertz CT molecular complexity index is 994. The van der Waals surface area contributed by atoms with Crippen LogP contribution in [0.4, 0.5) is 9.18 Å². The quantitative estimate of drug-likeness (QED) is 0.463. The van der Waals surface area contributed by atoms with Gasteiger partial charge in [0.1, 0.15) is 5.82 Å². The molecule has 1 heterocycles. The van der Waals surface area contributed by atoms with Crippen molar-refractivity contribution in [2.75, 3.05) is 13.7 Å². The Morgan fingerprint density at radius 1 is 1.31 bits per heavy atom. The van der Waals surface area contributed by atoms with E-state index in [1.807, 2.05) is 6.92 Å². The molecular weight excluding hydrogens is 485 g/mol. The number of imide groups is 1. The minimum Gasteiger partial charge on any atom is -0.492 e. The molecule has 0 saturated carbocycles. The number of methoxy groups -OCH3 is 1. The number of carbonyl (C=O) groups excluding carboxylic acids is 2. The molecule has 5 nitrogen and oxygen atoms in total. The summed E-state index contributed by atoms with van der Waals surface area (Å²) in [6, 6.07) is 7.68. The summed E-state index contributed by atoms with van der Waals surface area (Å²) in [5.41, 5.74) is 0.749. The number of hydrogen-bond donors (Lipinski definition) is 0. The molecule has 0 atom stereocenters. The van der Waals surface area contributed by atoms with Crippen molar-refractivity contribution in [3.8, 4) is 11.5 Å². The average molecular weight is 501 g/mol. The minimum absolute atomic E-state index is 0.101. The Labute approximate surface area is 184 Å². The first-order valence-electron chi connectivity index (χ1n) is 8.54. The first-order chi connectivity index (χ1) is 13.8. The number of amides is 2. The minimum atomic E-state index is -0.569. The third kappa shape index (κ3) is 4.60. The fourth-order valence-electron chi connectivity index (χ4n) is 2.76. The van der Waals surface area contributed by atoms with Gasteiger partial charge < -0.3 is 9.47 Å². The highest BCUT2D eigenvalue weighted by atomic mass is 79.9. The van der Waals surface area contributed by atoms with Gasteiger partial charge in [-0.3, -0.25) is 14.5 Å². The highest BCUT2D eigenvalue weighted by molar-refractivity contribution is 9.10. The van der Waals surface area contributed by atoms with Crippen LogP contribution in [-0.4, -0.2) is 29.8 Å². The first kappa shape index (κ1) is 21.7. The lowest BCUT2D eigenvalue weighted by molar-refractivity contribution is -0.123. The lowest BCUT2D eigenvalue weighted by Gasteiger charge is -2.14. The Morgan fingerprint density at radius 2 is 2.07 bits per heavy atom. The maximum Gasteiger partial charge on any atom is 0.293 e. The predicted molar refractivity (Wildman–Crippen MR) is 115 cm³/mol. The fraction of sp³-hybridized carbons (Fsp3) is 0.200. The van der Waals surface area contributed by atoms with Gasteiger partial charge in [-0.25, -0.2) is 4.39 Å². The van der Waals surface area contributed by atoms with Gasteiger partial charge in [-0.1, -0.05) is 17.7 Å². The van der Waals surface area contributed by atoms with Crippen molar-refractivity contribution >= 4 is 56.5 Å². The molecule has 9 heteroatoms. The van der Waals surface area contributed by atoms with E-state index in [1.165, 1.54) is 25.3 Å². The van der Waals surface area contributed by atoms with Crippen molar-refractivity contribution in [2.45, 2.75) is 13.5 Å². The largest absolute Gasteiger partial charge is 0.492 e. The van der Waals surface area contributed by atoms with E-state index >= 15 is 0 Å². The van der Waals surface area contributed by atoms with E-state index in [-0.39, 0.29) is 22.0 Å². The van der Waals surface area contributed by atoms with Crippen LogP contribution in [0.5, 0.6) is 11.5 Å². The van der Waals surface area contributed by atoms with E-state index in [1.54, 1.807) is 18.2 Å². The summed E-state index contributed by atoms with van der Waals surface area (Å²) >= 11 is 10.2. The van der Waals surface area contributed by atoms with Gasteiger partial charge in [-0.05, 0) is 70.5 Å². The zero-order chi connectivity index (χ0) is 21.1. The number of halogens is 3. The number of rotatable bonds is 6. The Morgan fingerprint density at radius 3 is 2.72 bits per heavy atom. The molecule has 0 aromatic heterocycles. The van der Waals surface area contributed by atoms with Crippen molar-refractivity contribution in [2.24, 2.45) is 0 Å². The van der Waals surface area contributed by atoms with E-state index in [2.05, 4.69) is 15.9 Å². The summed E-state index contributed by atoms with van der Waals surface area (Å²) < 4.78 is 25.6. The molecule has 29 heavy (non-hydrogen) atoms. The zero-order valence-corrected chi connectivity index (χ0v) is 18.7. The molecule has 0 unspecified atom stereocenters. The van der Waals surface area contributed by atoms with Crippen LogP contribution in [0.25, 0.3) is 6.08 Å². The third-order valence-corrected chi connectivity index (χ3v) is 5.94. The molecule has 0 N–H and O–H groups in total. The number of benzene rings is 2. The van der Waals surface area contributed by atoms with Crippen molar-refractivity contribution in [1.29, 1.82) is 0 Å². The van der Waals surface area contributed by atoms with Crippen LogP contribution in [0.1, 0.15) is 18.1 Å². The van der Waals surface area contributed by atoms with E-state index in [0.29, 0.717) is 28.1 Å². The van der Waals surface area contributed by atoms with Crippen LogP contribution in [-0.2, 0) is 11.3 Å². The number of hydrogen-bond acceptors (Lipinski definition) is 5. The van der Waals surface area contributed by atoms with Gasteiger partial charge in [0.25, 0.3) is 11.1 Å². The second kappa shape index (κ2) is 9.19. The molecule has 1 saturated heterocycles. The van der Waals surface area contributed by atoms with Crippen molar-refractivity contribution in [3.63, 3.8) is 0 Å². The normalized spacial score (nSPS) is 15.3. The highest BCUT2D eigenvalue weighted by Gasteiger charge is 2.36. The number of nitrogens with zero attached hydrogens (tertiary/aromatic N) is 1. The van der Waals surface area contributed by atoms with Crippen LogP contribution >= 0.6 is 39.3 Å². The monoisotopic (exact) mass is 499 g/mol. The molecule has 152 valence electrons. The van der Waals surface area contributed by atoms with Gasteiger partial charge in [0, 0.05) is 10.6 Å². The zero-order valence-electron chi connectivity index (χ0n) is 15.5. The van der Waals surface area contributed by atoms with Crippen LogP contribution in [0, 0.1) is 5.82 Å². The highest BCUT2D eigenvalue weighted by Crippen LogP contribution is 2.39. The summed E-state index contributed by atoms with van der Waals surface area (Å²) in [7, 11) is 1.53. The first-order valence-corrected chi connectivity index (χ1v) is 10.5. The Hall–Kier alpha value is -2.03. The van der Waals surface area contributed by atoms with Gasteiger partial charge >= 0.3 is 0 Å². The van der Waals surface area contributed by atoms with Gasteiger partial charge in [-0.2, -0.15) is 0 Å². The summed E-state index contributed by atoms with van der Waals surface area (Å²) in [6.45, 7) is 2.05. The van der Waals surface area contributed by atoms with Crippen LogP contribution in [0.15, 0.2) is 39.7 Å². The van der Waals surface area contributed by atoms with E-state index in [0.717, 1.165) is 16.7 Å². The SMILES string of the molecule is CCOc1cc(/C=C2\SC(=O)N(Cc3c(F)cccc3Cl)C2=O)cc(Br)c1OC. The molecule has 1 fully saturated rings. The number of carbonyl (C=O) groups is 2. The van der Waals surface area contributed by atoms with E-state index < -0.39 is 17.0 Å². The molecule has 0 bridgehead atoms. The lowest BCUT2D eigenvalue weighted by atomic mass is 10.1. The van der Waals surface area contributed by atoms with E-state index in [9.17, 15) is 14.0 Å². The van der Waals surface area contributed by atoms with Crippen molar-refractivity contribution in [3.05, 3.63) is 61.7 Å². The van der Waals surface area contributed by atoms with Gasteiger partial charge in [0.15, 0.2) is 11.5 Å². The van der Waals surface area contributed by atoms with Gasteiger partial charge in [0.2, 0.25) is 0 Å². The third-order valence-electron chi connectivity index (χ3n) is 4.09. The molecule has 3 rings (SSSR count). The number of ether oxygens (including phenoxy) is 2. The van der Waals surface area contributed by atoms with Crippen LogP contribution in [0.3, 0.4) is 0 Å². The summed E-state index contributed by atoms with van der Waals surface area (Å²) in [5.74, 6) is -0.0375. The summed E-state index contributed by atoms with van der Waals surface area (Å²) in [6.07, 6.45) is 1.58. The molecule has 1 aliphatic heterocycles. The maximum absolute atomic E-state index is 14.0. The van der Waals surface area contributed by atoms with Crippen molar-refractivity contribution < 1.29 is 23.5 Å². The smallest absolute Gasteiger partial charge is 0.293 e. The topological polar surface area (TPSA) is 55.8 Å². The standard InChI is InChI=1S/C20H16BrClFNO4S/c1-3-28-16-8-11(7-13(21)18(16)27-2)9-17-19(25)24(20(26)29-17)10-12-14(22)5-4-6-15(12)23/h4-9H,3,10H2,1-2H3/b17-9-. The molecule has 0 radical (unpaired) electrons. The molecule has 2 amide bonds. The van der Waals surface area contributed by atoms with Crippen LogP contribution < -0.4 is 9.47 Å². The predicted octanol–water partition coefficient (Wildman–Crippen LogP) is 5.89. The molecule has 2 aromatic carbocycles.